The normalized spacial score (nSPS) is 14.7. The Labute approximate surface area is 121 Å². The number of benzene rings is 1. The average molecular weight is 286 g/mol. The van der Waals surface area contributed by atoms with Crippen LogP contribution in [0.15, 0.2) is 35.4 Å². The fourth-order valence-corrected chi connectivity index (χ4v) is 2.58. The summed E-state index contributed by atoms with van der Waals surface area (Å²) in [5.41, 5.74) is 1.79. The molecule has 0 radical (unpaired) electrons. The Bertz CT molecular complexity index is 634. The van der Waals surface area contributed by atoms with E-state index in [4.69, 9.17) is 0 Å². The first kappa shape index (κ1) is 12.9. The molecule has 1 aliphatic carbocycles. The Kier molecular flexibility index (Phi) is 3.56. The van der Waals surface area contributed by atoms with Crippen LogP contribution < -0.4 is 0 Å². The molecule has 2 aromatic rings. The highest BCUT2D eigenvalue weighted by Gasteiger charge is 2.32. The van der Waals surface area contributed by atoms with Gasteiger partial charge >= 0.3 is 0 Å². The van der Waals surface area contributed by atoms with Crippen LogP contribution in [0, 0.1) is 0 Å². The summed E-state index contributed by atoms with van der Waals surface area (Å²) in [4.78, 5) is 12.9. The average Bonchev–Trinajstić information content (AvgIpc) is 3.22. The van der Waals surface area contributed by atoms with E-state index in [1.54, 1.807) is 13.3 Å². The van der Waals surface area contributed by atoms with Crippen LogP contribution in [0.25, 0.3) is 0 Å². The van der Waals surface area contributed by atoms with Gasteiger partial charge in [0.15, 0.2) is 0 Å². The Balaban J connectivity index is 1.73. The summed E-state index contributed by atoms with van der Waals surface area (Å²) < 4.78 is 3.90. The van der Waals surface area contributed by atoms with Gasteiger partial charge in [-0.3, -0.25) is 4.79 Å². The number of hydrogen-bond donors (Lipinski definition) is 0. The summed E-state index contributed by atoms with van der Waals surface area (Å²) in [5, 5.41) is 9.59. The van der Waals surface area contributed by atoms with Crippen LogP contribution >= 0.6 is 11.5 Å². The molecule has 0 bridgehead atoms. The van der Waals surface area contributed by atoms with Crippen molar-refractivity contribution in [2.45, 2.75) is 18.8 Å². The molecule has 0 spiro atoms. The molecule has 0 N–H and O–H groups in total. The SMILES string of the molecule is CN(N=Cc1ccccc1)C(=O)c1snnc1C1CC1. The van der Waals surface area contributed by atoms with Gasteiger partial charge in [-0.2, -0.15) is 5.10 Å². The number of rotatable bonds is 4. The smallest absolute Gasteiger partial charge is 0.266 e. The zero-order valence-corrected chi connectivity index (χ0v) is 11.9. The van der Waals surface area contributed by atoms with Gasteiger partial charge in [-0.25, -0.2) is 5.01 Å². The van der Waals surface area contributed by atoms with Crippen molar-refractivity contribution in [1.82, 2.24) is 14.6 Å². The van der Waals surface area contributed by atoms with E-state index in [2.05, 4.69) is 14.7 Å². The fourth-order valence-electron chi connectivity index (χ4n) is 1.86. The molecule has 0 unspecified atom stereocenters. The second-order valence-electron chi connectivity index (χ2n) is 4.75. The molecule has 6 heteroatoms. The van der Waals surface area contributed by atoms with E-state index in [-0.39, 0.29) is 5.91 Å². The van der Waals surface area contributed by atoms with Gasteiger partial charge in [-0.15, -0.1) is 5.10 Å². The third-order valence-corrected chi connectivity index (χ3v) is 3.87. The Morgan fingerprint density at radius 3 is 2.85 bits per heavy atom. The van der Waals surface area contributed by atoms with Crippen molar-refractivity contribution in [2.24, 2.45) is 5.10 Å². The first-order valence-electron chi connectivity index (χ1n) is 6.45. The summed E-state index contributed by atoms with van der Waals surface area (Å²) in [6.45, 7) is 0. The topological polar surface area (TPSA) is 58.5 Å². The van der Waals surface area contributed by atoms with Crippen molar-refractivity contribution in [3.8, 4) is 0 Å². The molecule has 0 atom stereocenters. The molecule has 5 nitrogen and oxygen atoms in total. The largest absolute Gasteiger partial charge is 0.287 e. The monoisotopic (exact) mass is 286 g/mol. The van der Waals surface area contributed by atoms with Crippen LogP contribution in [-0.2, 0) is 0 Å². The molecule has 1 heterocycles. The third-order valence-electron chi connectivity index (χ3n) is 3.15. The van der Waals surface area contributed by atoms with Gasteiger partial charge in [-0.05, 0) is 29.9 Å². The minimum Gasteiger partial charge on any atom is -0.266 e. The zero-order chi connectivity index (χ0) is 13.9. The lowest BCUT2D eigenvalue weighted by molar-refractivity contribution is 0.0803. The predicted octanol–water partition coefficient (Wildman–Crippen LogP) is 2.52. The standard InChI is InChI=1S/C14H14N4OS/c1-18(15-9-10-5-3-2-4-6-10)14(19)13-12(11-7-8-11)16-17-20-13/h2-6,9,11H,7-8H2,1H3. The van der Waals surface area contributed by atoms with Gasteiger partial charge in [0.05, 0.1) is 11.9 Å². The Morgan fingerprint density at radius 1 is 1.40 bits per heavy atom. The number of aromatic nitrogens is 2. The summed E-state index contributed by atoms with van der Waals surface area (Å²) in [6, 6.07) is 9.68. The Morgan fingerprint density at radius 2 is 2.15 bits per heavy atom. The van der Waals surface area contributed by atoms with Crippen LogP contribution in [0.4, 0.5) is 0 Å². The van der Waals surface area contributed by atoms with E-state index < -0.39 is 0 Å². The molecule has 1 aliphatic rings. The number of nitrogens with zero attached hydrogens (tertiary/aromatic N) is 4. The quantitative estimate of drug-likeness (QED) is 0.641. The van der Waals surface area contributed by atoms with Gasteiger partial charge in [0.25, 0.3) is 5.91 Å². The van der Waals surface area contributed by atoms with E-state index in [1.807, 2.05) is 30.3 Å². The predicted molar refractivity (Wildman–Crippen MR) is 78.0 cm³/mol. The van der Waals surface area contributed by atoms with Gasteiger partial charge in [0.1, 0.15) is 4.88 Å². The molecule has 102 valence electrons. The van der Waals surface area contributed by atoms with E-state index >= 15 is 0 Å². The molecule has 1 saturated carbocycles. The minimum absolute atomic E-state index is 0.144. The third kappa shape index (κ3) is 2.75. The molecule has 1 fully saturated rings. The number of carbonyl (C=O) groups is 1. The van der Waals surface area contributed by atoms with Gasteiger partial charge < -0.3 is 0 Å². The maximum Gasteiger partial charge on any atom is 0.287 e. The van der Waals surface area contributed by atoms with Crippen LogP contribution in [-0.4, -0.2) is 33.8 Å². The lowest BCUT2D eigenvalue weighted by Gasteiger charge is -2.09. The van der Waals surface area contributed by atoms with E-state index in [9.17, 15) is 4.79 Å². The molecule has 20 heavy (non-hydrogen) atoms. The highest BCUT2D eigenvalue weighted by Crippen LogP contribution is 2.41. The molecule has 0 aliphatic heterocycles. The van der Waals surface area contributed by atoms with Crippen molar-refractivity contribution in [3.05, 3.63) is 46.5 Å². The van der Waals surface area contributed by atoms with Gasteiger partial charge in [-0.1, -0.05) is 34.8 Å². The van der Waals surface area contributed by atoms with Crippen molar-refractivity contribution in [1.29, 1.82) is 0 Å². The number of carbonyl (C=O) groups excluding carboxylic acids is 1. The summed E-state index contributed by atoms with van der Waals surface area (Å²) in [6.07, 6.45) is 3.87. The second-order valence-corrected chi connectivity index (χ2v) is 5.50. The van der Waals surface area contributed by atoms with Crippen LogP contribution in [0.3, 0.4) is 0 Å². The molecule has 3 rings (SSSR count). The number of hydrazone groups is 1. The summed E-state index contributed by atoms with van der Waals surface area (Å²) in [7, 11) is 1.65. The first-order valence-corrected chi connectivity index (χ1v) is 7.22. The zero-order valence-electron chi connectivity index (χ0n) is 11.1. The van der Waals surface area contributed by atoms with Gasteiger partial charge in [0.2, 0.25) is 0 Å². The second kappa shape index (κ2) is 5.50. The maximum atomic E-state index is 12.3. The van der Waals surface area contributed by atoms with E-state index in [0.29, 0.717) is 10.8 Å². The lowest BCUT2D eigenvalue weighted by Crippen LogP contribution is -2.21. The maximum absolute atomic E-state index is 12.3. The number of hydrogen-bond acceptors (Lipinski definition) is 5. The number of amides is 1. The molecule has 1 aromatic heterocycles. The van der Waals surface area contributed by atoms with E-state index in [0.717, 1.165) is 35.6 Å². The lowest BCUT2D eigenvalue weighted by atomic mass is 10.2. The molecule has 1 aromatic carbocycles. The molecular formula is C14H14N4OS. The van der Waals surface area contributed by atoms with Crippen LogP contribution in [0.2, 0.25) is 0 Å². The highest BCUT2D eigenvalue weighted by atomic mass is 32.1. The summed E-state index contributed by atoms with van der Waals surface area (Å²) >= 11 is 1.15. The summed E-state index contributed by atoms with van der Waals surface area (Å²) in [5.74, 6) is 0.272. The molecule has 1 amide bonds. The van der Waals surface area contributed by atoms with Gasteiger partial charge in [0, 0.05) is 13.0 Å². The van der Waals surface area contributed by atoms with Crippen molar-refractivity contribution in [2.75, 3.05) is 7.05 Å². The van der Waals surface area contributed by atoms with Crippen molar-refractivity contribution in [3.63, 3.8) is 0 Å². The Hall–Kier alpha value is -2.08. The minimum atomic E-state index is -0.144. The van der Waals surface area contributed by atoms with Crippen LogP contribution in [0.1, 0.15) is 39.7 Å². The van der Waals surface area contributed by atoms with Crippen LogP contribution in [0.5, 0.6) is 0 Å². The van der Waals surface area contributed by atoms with E-state index in [1.165, 1.54) is 5.01 Å². The highest BCUT2D eigenvalue weighted by molar-refractivity contribution is 7.08. The van der Waals surface area contributed by atoms with Crippen molar-refractivity contribution >= 4 is 23.7 Å². The molecular weight excluding hydrogens is 272 g/mol. The van der Waals surface area contributed by atoms with Crippen molar-refractivity contribution < 1.29 is 4.79 Å². The first-order chi connectivity index (χ1) is 9.75. The fraction of sp³-hybridized carbons (Fsp3) is 0.286. The molecule has 0 saturated heterocycles.